The van der Waals surface area contributed by atoms with Gasteiger partial charge in [-0.15, -0.1) is 0 Å². The number of aryl methyl sites for hydroxylation is 1. The first kappa shape index (κ1) is 13.5. The van der Waals surface area contributed by atoms with Crippen molar-refractivity contribution in [3.8, 4) is 0 Å². The smallest absolute Gasteiger partial charge is 0.134 e. The third-order valence-corrected chi connectivity index (χ3v) is 2.97. The zero-order chi connectivity index (χ0) is 13.8. The van der Waals surface area contributed by atoms with Crippen molar-refractivity contribution in [2.24, 2.45) is 5.10 Å². The van der Waals surface area contributed by atoms with E-state index in [0.29, 0.717) is 10.7 Å². The summed E-state index contributed by atoms with van der Waals surface area (Å²) in [5, 5.41) is 4.39. The minimum atomic E-state index is -0.660. The number of nitrogens with one attached hydrogen (secondary N) is 1. The van der Waals surface area contributed by atoms with Gasteiger partial charge in [0, 0.05) is 5.02 Å². The third-order valence-electron chi connectivity index (χ3n) is 2.56. The second-order valence-corrected chi connectivity index (χ2v) is 4.38. The van der Waals surface area contributed by atoms with E-state index in [4.69, 9.17) is 11.6 Å². The van der Waals surface area contributed by atoms with Crippen LogP contribution in [0.15, 0.2) is 41.5 Å². The average Bonchev–Trinajstić information content (AvgIpc) is 2.37. The van der Waals surface area contributed by atoms with Crippen LogP contribution in [0.4, 0.5) is 14.5 Å². The predicted molar refractivity (Wildman–Crippen MR) is 73.8 cm³/mol. The summed E-state index contributed by atoms with van der Waals surface area (Å²) in [5.41, 5.74) is 4.06. The minimum Gasteiger partial charge on any atom is -0.278 e. The Morgan fingerprint density at radius 3 is 2.47 bits per heavy atom. The fraction of sp³-hybridized carbons (Fsp3) is 0.0714. The third kappa shape index (κ3) is 3.29. The van der Waals surface area contributed by atoms with Crippen LogP contribution in [0, 0.1) is 18.6 Å². The fourth-order valence-electron chi connectivity index (χ4n) is 1.47. The summed E-state index contributed by atoms with van der Waals surface area (Å²) >= 11 is 5.95. The van der Waals surface area contributed by atoms with E-state index < -0.39 is 11.6 Å². The van der Waals surface area contributed by atoms with E-state index in [-0.39, 0.29) is 5.56 Å². The van der Waals surface area contributed by atoms with Crippen molar-refractivity contribution in [1.29, 1.82) is 0 Å². The summed E-state index contributed by atoms with van der Waals surface area (Å²) in [7, 11) is 0. The van der Waals surface area contributed by atoms with Crippen LogP contribution in [-0.2, 0) is 0 Å². The van der Waals surface area contributed by atoms with Crippen LogP contribution in [-0.4, -0.2) is 6.21 Å². The van der Waals surface area contributed by atoms with E-state index in [1.165, 1.54) is 18.2 Å². The van der Waals surface area contributed by atoms with Crippen molar-refractivity contribution in [2.45, 2.75) is 6.92 Å². The Morgan fingerprint density at radius 2 is 1.84 bits per heavy atom. The number of rotatable bonds is 3. The Hall–Kier alpha value is -1.94. The predicted octanol–water partition coefficient (Wildman–Crippen LogP) is 4.37. The lowest BCUT2D eigenvalue weighted by atomic mass is 10.2. The molecule has 2 aromatic rings. The second kappa shape index (κ2) is 5.80. The topological polar surface area (TPSA) is 24.4 Å². The molecular weight excluding hydrogens is 270 g/mol. The largest absolute Gasteiger partial charge is 0.278 e. The van der Waals surface area contributed by atoms with E-state index in [1.54, 1.807) is 12.1 Å². The molecule has 19 heavy (non-hydrogen) atoms. The lowest BCUT2D eigenvalue weighted by Gasteiger charge is -2.03. The molecular formula is C14H11ClF2N2. The molecule has 0 heterocycles. The molecule has 0 unspecified atom stereocenters. The highest BCUT2D eigenvalue weighted by Crippen LogP contribution is 2.19. The summed E-state index contributed by atoms with van der Waals surface area (Å²) in [6, 6.07) is 8.93. The van der Waals surface area contributed by atoms with Gasteiger partial charge >= 0.3 is 0 Å². The lowest BCUT2D eigenvalue weighted by molar-refractivity contribution is 0.580. The standard InChI is InChI=1S/C14H11ClF2N2/c1-9-5-6-10(7-12(9)15)19-18-8-11-13(16)3-2-4-14(11)17/h2-8,19H,1H3/b18-8-. The monoisotopic (exact) mass is 280 g/mol. The van der Waals surface area contributed by atoms with Gasteiger partial charge in [-0.1, -0.05) is 23.7 Å². The van der Waals surface area contributed by atoms with Crippen LogP contribution in [0.1, 0.15) is 11.1 Å². The van der Waals surface area contributed by atoms with Crippen LogP contribution < -0.4 is 5.43 Å². The molecule has 0 saturated carbocycles. The Kier molecular flexibility index (Phi) is 4.12. The first-order chi connectivity index (χ1) is 9.08. The van der Waals surface area contributed by atoms with Gasteiger partial charge < -0.3 is 0 Å². The highest BCUT2D eigenvalue weighted by Gasteiger charge is 2.04. The van der Waals surface area contributed by atoms with Gasteiger partial charge in [0.1, 0.15) is 11.6 Å². The average molecular weight is 281 g/mol. The maximum absolute atomic E-state index is 13.3. The van der Waals surface area contributed by atoms with Crippen molar-refractivity contribution in [1.82, 2.24) is 0 Å². The van der Waals surface area contributed by atoms with Crippen molar-refractivity contribution in [2.75, 3.05) is 5.43 Å². The molecule has 0 saturated heterocycles. The Labute approximate surface area is 114 Å². The normalized spacial score (nSPS) is 10.9. The molecule has 5 heteroatoms. The van der Waals surface area contributed by atoms with Gasteiger partial charge in [-0.3, -0.25) is 5.43 Å². The maximum Gasteiger partial charge on any atom is 0.134 e. The van der Waals surface area contributed by atoms with Gasteiger partial charge in [0.05, 0.1) is 17.5 Å². The molecule has 2 nitrogen and oxygen atoms in total. The fourth-order valence-corrected chi connectivity index (χ4v) is 1.65. The van der Waals surface area contributed by atoms with Crippen LogP contribution in [0.3, 0.4) is 0 Å². The van der Waals surface area contributed by atoms with E-state index in [1.807, 2.05) is 13.0 Å². The summed E-state index contributed by atoms with van der Waals surface area (Å²) in [4.78, 5) is 0. The maximum atomic E-state index is 13.3. The van der Waals surface area contributed by atoms with Crippen LogP contribution in [0.5, 0.6) is 0 Å². The first-order valence-electron chi connectivity index (χ1n) is 5.57. The number of nitrogens with zero attached hydrogens (tertiary/aromatic N) is 1. The van der Waals surface area contributed by atoms with Crippen molar-refractivity contribution < 1.29 is 8.78 Å². The van der Waals surface area contributed by atoms with Gasteiger partial charge in [0.2, 0.25) is 0 Å². The zero-order valence-corrected chi connectivity index (χ0v) is 10.9. The molecule has 98 valence electrons. The lowest BCUT2D eigenvalue weighted by Crippen LogP contribution is -1.96. The van der Waals surface area contributed by atoms with Crippen LogP contribution in [0.2, 0.25) is 5.02 Å². The highest BCUT2D eigenvalue weighted by molar-refractivity contribution is 6.31. The number of halogens is 3. The summed E-state index contributed by atoms with van der Waals surface area (Å²) in [5.74, 6) is -1.32. The number of anilines is 1. The number of hydrazone groups is 1. The zero-order valence-electron chi connectivity index (χ0n) is 10.1. The van der Waals surface area contributed by atoms with E-state index in [0.717, 1.165) is 11.8 Å². The summed E-state index contributed by atoms with van der Waals surface area (Å²) < 4.78 is 26.6. The summed E-state index contributed by atoms with van der Waals surface area (Å²) in [6.07, 6.45) is 1.10. The molecule has 2 aromatic carbocycles. The molecule has 0 spiro atoms. The highest BCUT2D eigenvalue weighted by atomic mass is 35.5. The van der Waals surface area contributed by atoms with Crippen molar-refractivity contribution in [3.63, 3.8) is 0 Å². The number of hydrogen-bond donors (Lipinski definition) is 1. The van der Waals surface area contributed by atoms with Gasteiger partial charge in [0.25, 0.3) is 0 Å². The molecule has 1 N–H and O–H groups in total. The van der Waals surface area contributed by atoms with Gasteiger partial charge in [-0.25, -0.2) is 8.78 Å². The summed E-state index contributed by atoms with van der Waals surface area (Å²) in [6.45, 7) is 1.88. The van der Waals surface area contributed by atoms with Gasteiger partial charge in [0.15, 0.2) is 0 Å². The number of benzene rings is 2. The minimum absolute atomic E-state index is 0.187. The Morgan fingerprint density at radius 1 is 1.16 bits per heavy atom. The molecule has 2 rings (SSSR count). The molecule has 0 aliphatic rings. The van der Waals surface area contributed by atoms with Gasteiger partial charge in [-0.2, -0.15) is 5.10 Å². The van der Waals surface area contributed by atoms with E-state index in [9.17, 15) is 8.78 Å². The Balaban J connectivity index is 2.13. The Bertz CT molecular complexity index is 607. The molecule has 0 fully saturated rings. The van der Waals surface area contributed by atoms with Crippen molar-refractivity contribution >= 4 is 23.5 Å². The van der Waals surface area contributed by atoms with Crippen LogP contribution in [0.25, 0.3) is 0 Å². The first-order valence-corrected chi connectivity index (χ1v) is 5.95. The van der Waals surface area contributed by atoms with Gasteiger partial charge in [-0.05, 0) is 36.8 Å². The molecule has 0 radical (unpaired) electrons. The molecule has 0 aliphatic heterocycles. The van der Waals surface area contributed by atoms with Crippen LogP contribution >= 0.6 is 11.6 Å². The molecule has 0 bridgehead atoms. The molecule has 0 aromatic heterocycles. The number of hydrogen-bond acceptors (Lipinski definition) is 2. The molecule has 0 amide bonds. The molecule has 0 aliphatic carbocycles. The molecule has 0 atom stereocenters. The second-order valence-electron chi connectivity index (χ2n) is 3.97. The quantitative estimate of drug-likeness (QED) is 0.655. The SMILES string of the molecule is Cc1ccc(N/N=C\c2c(F)cccc2F)cc1Cl. The van der Waals surface area contributed by atoms with Crippen molar-refractivity contribution in [3.05, 3.63) is 64.2 Å². The van der Waals surface area contributed by atoms with E-state index >= 15 is 0 Å². The van der Waals surface area contributed by atoms with E-state index in [2.05, 4.69) is 10.5 Å².